The molecule has 16 heavy (non-hydrogen) atoms. The molecule has 0 radical (unpaired) electrons. The van der Waals surface area contributed by atoms with Crippen LogP contribution in [0.25, 0.3) is 0 Å². The predicted octanol–water partition coefficient (Wildman–Crippen LogP) is 2.89. The van der Waals surface area contributed by atoms with Gasteiger partial charge in [0.05, 0.1) is 12.1 Å². The molecular formula is C10H14F3N3. The van der Waals surface area contributed by atoms with Gasteiger partial charge >= 0.3 is 6.18 Å². The fourth-order valence-electron chi connectivity index (χ4n) is 1.59. The number of nitrogens with zero attached hydrogens (tertiary/aromatic N) is 2. The molecule has 2 rings (SSSR count). The van der Waals surface area contributed by atoms with E-state index in [1.165, 1.54) is 0 Å². The van der Waals surface area contributed by atoms with E-state index >= 15 is 0 Å². The Kier molecular flexibility index (Phi) is 2.82. The fourth-order valence-corrected chi connectivity index (χ4v) is 1.59. The second-order valence-corrected chi connectivity index (χ2v) is 4.14. The Morgan fingerprint density at radius 2 is 2.19 bits per heavy atom. The fraction of sp³-hybridized carbons (Fsp3) is 0.700. The summed E-state index contributed by atoms with van der Waals surface area (Å²) in [5.74, 6) is 0.559. The highest BCUT2D eigenvalue weighted by Gasteiger charge is 2.28. The number of aryl methyl sites for hydroxylation is 1. The Balaban J connectivity index is 1.93. The Bertz CT molecular complexity index is 366. The van der Waals surface area contributed by atoms with Gasteiger partial charge in [-0.1, -0.05) is 0 Å². The van der Waals surface area contributed by atoms with Crippen LogP contribution in [0.1, 0.15) is 31.0 Å². The zero-order valence-corrected chi connectivity index (χ0v) is 9.01. The van der Waals surface area contributed by atoms with E-state index in [4.69, 9.17) is 0 Å². The first-order valence-electron chi connectivity index (χ1n) is 5.32. The zero-order valence-electron chi connectivity index (χ0n) is 9.01. The van der Waals surface area contributed by atoms with E-state index in [-0.39, 0.29) is 6.54 Å². The number of nitrogens with one attached hydrogen (secondary N) is 1. The van der Waals surface area contributed by atoms with Gasteiger partial charge in [-0.3, -0.25) is 0 Å². The zero-order chi connectivity index (χ0) is 11.8. The van der Waals surface area contributed by atoms with Crippen molar-refractivity contribution in [1.82, 2.24) is 9.55 Å². The maximum Gasteiger partial charge on any atom is 0.390 e. The van der Waals surface area contributed by atoms with Gasteiger partial charge in [-0.15, -0.1) is 0 Å². The van der Waals surface area contributed by atoms with E-state index in [1.54, 1.807) is 0 Å². The number of hydrogen-bond acceptors (Lipinski definition) is 2. The van der Waals surface area contributed by atoms with Crippen molar-refractivity contribution in [3.63, 3.8) is 0 Å². The van der Waals surface area contributed by atoms with Crippen LogP contribution in [0.2, 0.25) is 0 Å². The third-order valence-electron chi connectivity index (χ3n) is 2.48. The summed E-state index contributed by atoms with van der Waals surface area (Å²) in [6.07, 6.45) is -0.885. The average Bonchev–Trinajstić information content (AvgIpc) is 2.90. The van der Waals surface area contributed by atoms with Crippen molar-refractivity contribution in [2.45, 2.75) is 38.4 Å². The summed E-state index contributed by atoms with van der Waals surface area (Å²) >= 11 is 0. The third-order valence-corrected chi connectivity index (χ3v) is 2.48. The molecule has 1 aliphatic carbocycles. The lowest BCUT2D eigenvalue weighted by molar-refractivity contribution is -0.131. The second-order valence-electron chi connectivity index (χ2n) is 4.14. The molecule has 3 nitrogen and oxygen atoms in total. The minimum Gasteiger partial charge on any atom is -0.355 e. The minimum atomic E-state index is -4.11. The Morgan fingerprint density at radius 3 is 2.75 bits per heavy atom. The first-order valence-corrected chi connectivity index (χ1v) is 5.32. The first kappa shape index (κ1) is 11.3. The normalized spacial score (nSPS) is 16.5. The molecule has 1 aliphatic rings. The molecule has 1 aromatic rings. The molecule has 0 atom stereocenters. The van der Waals surface area contributed by atoms with Crippen molar-refractivity contribution in [3.8, 4) is 0 Å². The van der Waals surface area contributed by atoms with Crippen LogP contribution in [-0.4, -0.2) is 22.3 Å². The summed E-state index contributed by atoms with van der Waals surface area (Å²) in [6.45, 7) is 1.72. The van der Waals surface area contributed by atoms with Crippen LogP contribution in [0.15, 0.2) is 6.20 Å². The third kappa shape index (κ3) is 2.90. The van der Waals surface area contributed by atoms with Crippen LogP contribution >= 0.6 is 0 Å². The van der Waals surface area contributed by atoms with Crippen molar-refractivity contribution in [2.24, 2.45) is 0 Å². The quantitative estimate of drug-likeness (QED) is 0.866. The summed E-state index contributed by atoms with van der Waals surface area (Å²) in [6, 6.07) is 0.426. The van der Waals surface area contributed by atoms with Gasteiger partial charge in [-0.25, -0.2) is 4.98 Å². The van der Waals surface area contributed by atoms with Crippen molar-refractivity contribution >= 4 is 5.95 Å². The lowest BCUT2D eigenvalue weighted by Gasteiger charge is -2.10. The first-order chi connectivity index (χ1) is 7.46. The molecule has 0 aliphatic heterocycles. The maximum atomic E-state index is 12.0. The van der Waals surface area contributed by atoms with Gasteiger partial charge in [0.2, 0.25) is 5.95 Å². The molecule has 6 heteroatoms. The number of aromatic nitrogens is 2. The van der Waals surface area contributed by atoms with Crippen LogP contribution < -0.4 is 5.32 Å². The van der Waals surface area contributed by atoms with Gasteiger partial charge < -0.3 is 9.88 Å². The van der Waals surface area contributed by atoms with E-state index in [0.717, 1.165) is 18.5 Å². The van der Waals surface area contributed by atoms with E-state index < -0.39 is 12.6 Å². The van der Waals surface area contributed by atoms with Crippen LogP contribution in [0, 0.1) is 6.92 Å². The molecule has 0 spiro atoms. The number of imidazole rings is 1. The lowest BCUT2D eigenvalue weighted by Crippen LogP contribution is -2.16. The predicted molar refractivity (Wildman–Crippen MR) is 54.4 cm³/mol. The van der Waals surface area contributed by atoms with Crippen molar-refractivity contribution in [2.75, 3.05) is 11.9 Å². The molecule has 1 saturated carbocycles. The monoisotopic (exact) mass is 233 g/mol. The summed E-state index contributed by atoms with van der Waals surface area (Å²) in [5.41, 5.74) is 0.835. The van der Waals surface area contributed by atoms with Gasteiger partial charge in [-0.05, 0) is 19.8 Å². The molecule has 0 unspecified atom stereocenters. The molecule has 1 fully saturated rings. The van der Waals surface area contributed by atoms with E-state index in [0.29, 0.717) is 12.0 Å². The van der Waals surface area contributed by atoms with Crippen molar-refractivity contribution in [3.05, 3.63) is 11.9 Å². The SMILES string of the molecule is Cc1cn(C2CC2)c(NCCC(F)(F)F)n1. The van der Waals surface area contributed by atoms with E-state index in [9.17, 15) is 13.2 Å². The summed E-state index contributed by atoms with van der Waals surface area (Å²) < 4.78 is 37.8. The molecular weight excluding hydrogens is 219 g/mol. The Hall–Kier alpha value is -1.20. The van der Waals surface area contributed by atoms with Gasteiger partial charge in [-0.2, -0.15) is 13.2 Å². The highest BCUT2D eigenvalue weighted by Crippen LogP contribution is 2.37. The molecule has 90 valence electrons. The standard InChI is InChI=1S/C10H14F3N3/c1-7-6-16(8-2-3-8)9(15-7)14-5-4-10(11,12)13/h6,8H,2-5H2,1H3,(H,14,15). The van der Waals surface area contributed by atoms with E-state index in [2.05, 4.69) is 10.3 Å². The average molecular weight is 233 g/mol. The van der Waals surface area contributed by atoms with Crippen molar-refractivity contribution in [1.29, 1.82) is 0 Å². The van der Waals surface area contributed by atoms with Gasteiger partial charge in [0.25, 0.3) is 0 Å². The smallest absolute Gasteiger partial charge is 0.355 e. The van der Waals surface area contributed by atoms with Crippen LogP contribution in [0.3, 0.4) is 0 Å². The molecule has 0 aromatic carbocycles. The Morgan fingerprint density at radius 1 is 1.50 bits per heavy atom. The number of anilines is 1. The largest absolute Gasteiger partial charge is 0.390 e. The molecule has 0 bridgehead atoms. The minimum absolute atomic E-state index is 0.118. The highest BCUT2D eigenvalue weighted by atomic mass is 19.4. The molecule has 0 saturated heterocycles. The second kappa shape index (κ2) is 3.99. The van der Waals surface area contributed by atoms with Gasteiger partial charge in [0, 0.05) is 18.8 Å². The van der Waals surface area contributed by atoms with Gasteiger partial charge in [0.15, 0.2) is 0 Å². The molecule has 0 amide bonds. The maximum absolute atomic E-state index is 12.0. The summed E-state index contributed by atoms with van der Waals surface area (Å²) in [5, 5.41) is 2.74. The lowest BCUT2D eigenvalue weighted by atomic mass is 10.4. The van der Waals surface area contributed by atoms with Crippen LogP contribution in [0.4, 0.5) is 19.1 Å². The number of hydrogen-bond donors (Lipinski definition) is 1. The molecule has 1 heterocycles. The van der Waals surface area contributed by atoms with Crippen LogP contribution in [-0.2, 0) is 0 Å². The Labute approximate surface area is 91.7 Å². The number of halogens is 3. The van der Waals surface area contributed by atoms with Crippen LogP contribution in [0.5, 0.6) is 0 Å². The number of rotatable bonds is 4. The molecule has 1 aromatic heterocycles. The summed E-state index contributed by atoms with van der Waals surface area (Å²) in [4.78, 5) is 4.18. The summed E-state index contributed by atoms with van der Waals surface area (Å²) in [7, 11) is 0. The molecule has 1 N–H and O–H groups in total. The van der Waals surface area contributed by atoms with Gasteiger partial charge in [0.1, 0.15) is 0 Å². The number of alkyl halides is 3. The van der Waals surface area contributed by atoms with E-state index in [1.807, 2.05) is 17.7 Å². The van der Waals surface area contributed by atoms with Crippen molar-refractivity contribution < 1.29 is 13.2 Å². The highest BCUT2D eigenvalue weighted by molar-refractivity contribution is 5.30. The topological polar surface area (TPSA) is 29.9 Å².